The molecule has 2 heterocycles. The normalized spacial score (nSPS) is 22.7. The second-order valence-electron chi connectivity index (χ2n) is 7.63. The van der Waals surface area contributed by atoms with E-state index >= 15 is 0 Å². The van der Waals surface area contributed by atoms with Crippen molar-refractivity contribution in [1.29, 1.82) is 0 Å². The van der Waals surface area contributed by atoms with E-state index in [9.17, 15) is 0 Å². The lowest BCUT2D eigenvalue weighted by molar-refractivity contribution is 0.105. The number of benzene rings is 1. The molecule has 24 heavy (non-hydrogen) atoms. The summed E-state index contributed by atoms with van der Waals surface area (Å²) < 4.78 is 0. The lowest BCUT2D eigenvalue weighted by atomic mass is 9.81. The molecule has 2 aliphatic heterocycles. The molecular weight excluding hydrogens is 294 g/mol. The molecule has 1 aromatic carbocycles. The summed E-state index contributed by atoms with van der Waals surface area (Å²) >= 11 is 0. The van der Waals surface area contributed by atoms with Gasteiger partial charge < -0.3 is 5.32 Å². The summed E-state index contributed by atoms with van der Waals surface area (Å²) in [5.41, 5.74) is 3.05. The molecule has 132 valence electrons. The summed E-state index contributed by atoms with van der Waals surface area (Å²) in [6, 6.07) is 11.4. The Hall–Kier alpha value is -1.16. The third kappa shape index (κ3) is 3.58. The van der Waals surface area contributed by atoms with E-state index in [2.05, 4.69) is 72.3 Å². The molecule has 0 spiro atoms. The number of nitrogens with zero attached hydrogens (tertiary/aromatic N) is 2. The molecule has 3 rings (SSSR count). The quantitative estimate of drug-likeness (QED) is 0.830. The number of hydrogen-bond donors (Lipinski definition) is 1. The number of likely N-dealkylation sites (tertiary alicyclic amines) is 1. The fourth-order valence-corrected chi connectivity index (χ4v) is 4.45. The summed E-state index contributed by atoms with van der Waals surface area (Å²) in [5, 5.41) is 3.52. The van der Waals surface area contributed by atoms with Crippen LogP contribution in [0.4, 0.5) is 0 Å². The van der Waals surface area contributed by atoms with Gasteiger partial charge in [-0.1, -0.05) is 42.8 Å². The van der Waals surface area contributed by atoms with E-state index in [1.54, 1.807) is 5.57 Å². The molecule has 0 bridgehead atoms. The van der Waals surface area contributed by atoms with Crippen molar-refractivity contribution in [2.45, 2.75) is 51.6 Å². The molecule has 1 aromatic rings. The number of allylic oxidation sites excluding steroid dienone is 1. The maximum atomic E-state index is 3.52. The highest BCUT2D eigenvalue weighted by Gasteiger charge is 2.38. The van der Waals surface area contributed by atoms with E-state index in [4.69, 9.17) is 0 Å². The van der Waals surface area contributed by atoms with E-state index < -0.39 is 0 Å². The van der Waals surface area contributed by atoms with E-state index in [0.717, 1.165) is 19.8 Å². The maximum Gasteiger partial charge on any atom is 0.0591 e. The number of nitrogens with one attached hydrogen (secondary N) is 1. The maximum absolute atomic E-state index is 3.52. The van der Waals surface area contributed by atoms with Gasteiger partial charge in [-0.15, -0.1) is 0 Å². The van der Waals surface area contributed by atoms with Crippen molar-refractivity contribution in [3.05, 3.63) is 47.5 Å². The molecule has 3 nitrogen and oxygen atoms in total. The molecular formula is C21H33N3. The first kappa shape index (κ1) is 17.7. The van der Waals surface area contributed by atoms with Crippen LogP contribution in [0.5, 0.6) is 0 Å². The molecule has 0 saturated carbocycles. The van der Waals surface area contributed by atoms with Gasteiger partial charge in [0.05, 0.1) is 6.04 Å². The van der Waals surface area contributed by atoms with Crippen LogP contribution in [-0.4, -0.2) is 48.2 Å². The molecule has 0 aromatic heterocycles. The zero-order valence-electron chi connectivity index (χ0n) is 15.6. The lowest BCUT2D eigenvalue weighted by Gasteiger charge is -2.46. The van der Waals surface area contributed by atoms with Gasteiger partial charge in [0.15, 0.2) is 0 Å². The Morgan fingerprint density at radius 1 is 1.08 bits per heavy atom. The van der Waals surface area contributed by atoms with Gasteiger partial charge in [0.1, 0.15) is 0 Å². The average Bonchev–Trinajstić information content (AvgIpc) is 3.15. The highest BCUT2D eigenvalue weighted by atomic mass is 15.3. The monoisotopic (exact) mass is 327 g/mol. The van der Waals surface area contributed by atoms with Gasteiger partial charge in [-0.2, -0.15) is 0 Å². The lowest BCUT2D eigenvalue weighted by Crippen LogP contribution is -2.50. The van der Waals surface area contributed by atoms with Crippen molar-refractivity contribution >= 4 is 0 Å². The highest BCUT2D eigenvalue weighted by molar-refractivity contribution is 5.34. The fourth-order valence-electron chi connectivity index (χ4n) is 4.45. The van der Waals surface area contributed by atoms with Gasteiger partial charge in [0, 0.05) is 25.3 Å². The first-order valence-corrected chi connectivity index (χ1v) is 9.56. The highest BCUT2D eigenvalue weighted by Crippen LogP contribution is 2.39. The van der Waals surface area contributed by atoms with Crippen LogP contribution in [-0.2, 0) is 0 Å². The standard InChI is InChI=1S/C21H33N3/c1-4-19(21(2,3)24-14-9-6-10-15-24)20(23-16-13-22-17-23)18-11-7-5-8-12-18/h4-5,7-8,11-12,20,22H,6,9-10,13-17H2,1-3H3. The third-order valence-corrected chi connectivity index (χ3v) is 5.83. The van der Waals surface area contributed by atoms with Crippen molar-refractivity contribution in [3.8, 4) is 0 Å². The van der Waals surface area contributed by atoms with Crippen LogP contribution < -0.4 is 5.32 Å². The SMILES string of the molecule is CC=C(C(c1ccccc1)N1CCNC1)C(C)(C)N1CCCCC1. The molecule has 1 unspecified atom stereocenters. The van der Waals surface area contributed by atoms with Crippen molar-refractivity contribution in [3.63, 3.8) is 0 Å². The summed E-state index contributed by atoms with van der Waals surface area (Å²) in [4.78, 5) is 5.29. The topological polar surface area (TPSA) is 18.5 Å². The summed E-state index contributed by atoms with van der Waals surface area (Å²) in [6.07, 6.45) is 6.43. The zero-order valence-corrected chi connectivity index (χ0v) is 15.6. The largest absolute Gasteiger partial charge is 0.303 e. The van der Waals surface area contributed by atoms with Crippen LogP contribution in [0, 0.1) is 0 Å². The first-order chi connectivity index (χ1) is 11.6. The van der Waals surface area contributed by atoms with E-state index in [1.165, 1.54) is 37.9 Å². The second-order valence-corrected chi connectivity index (χ2v) is 7.63. The molecule has 1 N–H and O–H groups in total. The van der Waals surface area contributed by atoms with Crippen LogP contribution >= 0.6 is 0 Å². The molecule has 0 aliphatic carbocycles. The molecule has 2 fully saturated rings. The van der Waals surface area contributed by atoms with Gasteiger partial charge in [-0.05, 0) is 57.8 Å². The van der Waals surface area contributed by atoms with Crippen LogP contribution in [0.25, 0.3) is 0 Å². The minimum absolute atomic E-state index is 0.0955. The van der Waals surface area contributed by atoms with E-state index in [1.807, 2.05) is 0 Å². The average molecular weight is 328 g/mol. The van der Waals surface area contributed by atoms with Crippen molar-refractivity contribution in [2.75, 3.05) is 32.8 Å². The Morgan fingerprint density at radius 2 is 1.79 bits per heavy atom. The minimum Gasteiger partial charge on any atom is -0.303 e. The third-order valence-electron chi connectivity index (χ3n) is 5.83. The molecule has 0 radical (unpaired) electrons. The van der Waals surface area contributed by atoms with Gasteiger partial charge in [0.25, 0.3) is 0 Å². The minimum atomic E-state index is 0.0955. The van der Waals surface area contributed by atoms with Crippen molar-refractivity contribution in [2.24, 2.45) is 0 Å². The van der Waals surface area contributed by atoms with Crippen LogP contribution in [0.2, 0.25) is 0 Å². The molecule has 1 atom stereocenters. The summed E-state index contributed by atoms with van der Waals surface area (Å²) in [5.74, 6) is 0. The Bertz CT molecular complexity index is 537. The summed E-state index contributed by atoms with van der Waals surface area (Å²) in [7, 11) is 0. The van der Waals surface area contributed by atoms with Crippen LogP contribution in [0.1, 0.15) is 51.6 Å². The Labute approximate surface area is 147 Å². The Balaban J connectivity index is 1.94. The number of rotatable bonds is 5. The van der Waals surface area contributed by atoms with Gasteiger partial charge in [-0.25, -0.2) is 0 Å². The fraction of sp³-hybridized carbons (Fsp3) is 0.619. The van der Waals surface area contributed by atoms with E-state index in [0.29, 0.717) is 6.04 Å². The van der Waals surface area contributed by atoms with Crippen LogP contribution in [0.15, 0.2) is 42.0 Å². The molecule has 3 heteroatoms. The summed E-state index contributed by atoms with van der Waals surface area (Å²) in [6.45, 7) is 12.7. The number of piperidine rings is 1. The smallest absolute Gasteiger partial charge is 0.0591 e. The van der Waals surface area contributed by atoms with Gasteiger partial charge >= 0.3 is 0 Å². The first-order valence-electron chi connectivity index (χ1n) is 9.56. The van der Waals surface area contributed by atoms with Crippen molar-refractivity contribution in [1.82, 2.24) is 15.1 Å². The van der Waals surface area contributed by atoms with E-state index in [-0.39, 0.29) is 5.54 Å². The van der Waals surface area contributed by atoms with Gasteiger partial charge in [0.2, 0.25) is 0 Å². The predicted molar refractivity (Wildman–Crippen MR) is 102 cm³/mol. The molecule has 2 aliphatic rings. The Morgan fingerprint density at radius 3 is 2.38 bits per heavy atom. The molecule has 2 saturated heterocycles. The Kier molecular flexibility index (Phi) is 5.75. The van der Waals surface area contributed by atoms with Gasteiger partial charge in [-0.3, -0.25) is 9.80 Å². The zero-order chi connectivity index (χ0) is 17.0. The second kappa shape index (κ2) is 7.81. The van der Waals surface area contributed by atoms with Crippen molar-refractivity contribution < 1.29 is 0 Å². The predicted octanol–water partition coefficient (Wildman–Crippen LogP) is 3.80. The molecule has 0 amide bonds. The van der Waals surface area contributed by atoms with Crippen LogP contribution in [0.3, 0.4) is 0 Å². The number of hydrogen-bond acceptors (Lipinski definition) is 3.